The van der Waals surface area contributed by atoms with E-state index in [4.69, 9.17) is 9.88 Å². The van der Waals surface area contributed by atoms with E-state index in [0.29, 0.717) is 50.0 Å². The highest BCUT2D eigenvalue weighted by Crippen LogP contribution is 2.28. The molecule has 1 heterocycles. The third-order valence-corrected chi connectivity index (χ3v) is 5.05. The molecule has 3 N–H and O–H groups in total. The van der Waals surface area contributed by atoms with Crippen molar-refractivity contribution in [1.82, 2.24) is 5.32 Å². The predicted octanol–water partition coefficient (Wildman–Crippen LogP) is 0.310. The second-order valence-electron chi connectivity index (χ2n) is 5.98. The van der Waals surface area contributed by atoms with Gasteiger partial charge in [0.1, 0.15) is 0 Å². The molecule has 0 spiro atoms. The van der Waals surface area contributed by atoms with Crippen LogP contribution in [0, 0.1) is 5.92 Å². The summed E-state index contributed by atoms with van der Waals surface area (Å²) in [5.74, 6) is 0.288. The fourth-order valence-corrected chi connectivity index (χ4v) is 3.15. The molecular weight excluding hydrogens is 318 g/mol. The summed E-state index contributed by atoms with van der Waals surface area (Å²) in [5, 5.41) is 8.08. The number of carbonyl (C=O) groups is 1. The average Bonchev–Trinajstić information content (AvgIpc) is 3.36. The van der Waals surface area contributed by atoms with Crippen LogP contribution >= 0.6 is 0 Å². The first-order valence-corrected chi connectivity index (χ1v) is 9.27. The Hall–Kier alpha value is -1.64. The molecule has 3 rings (SSSR count). The molecule has 2 fully saturated rings. The normalized spacial score (nSPS) is 18.7. The largest absolute Gasteiger partial charge is 0.378 e. The van der Waals surface area contributed by atoms with E-state index < -0.39 is 10.0 Å². The molecule has 1 amide bonds. The van der Waals surface area contributed by atoms with Crippen molar-refractivity contribution in [2.75, 3.05) is 37.7 Å². The Bertz CT molecular complexity index is 695. The number of primary sulfonamides is 1. The van der Waals surface area contributed by atoms with Crippen LogP contribution < -0.4 is 15.4 Å². The van der Waals surface area contributed by atoms with E-state index in [9.17, 15) is 13.2 Å². The first-order valence-electron chi connectivity index (χ1n) is 7.73. The van der Waals surface area contributed by atoms with Crippen LogP contribution in [0.25, 0.3) is 0 Å². The highest BCUT2D eigenvalue weighted by Gasteiger charge is 2.25. The minimum atomic E-state index is -3.85. The molecule has 0 bridgehead atoms. The summed E-state index contributed by atoms with van der Waals surface area (Å²) in [7, 11) is -3.85. The number of rotatable bonds is 5. The zero-order valence-electron chi connectivity index (χ0n) is 12.8. The van der Waals surface area contributed by atoms with E-state index >= 15 is 0 Å². The van der Waals surface area contributed by atoms with Gasteiger partial charge in [-0.3, -0.25) is 4.79 Å². The lowest BCUT2D eigenvalue weighted by Gasteiger charge is -2.30. The van der Waals surface area contributed by atoms with Crippen molar-refractivity contribution in [3.8, 4) is 0 Å². The smallest absolute Gasteiger partial charge is 0.253 e. The molecule has 1 aromatic rings. The molecule has 23 heavy (non-hydrogen) atoms. The summed E-state index contributed by atoms with van der Waals surface area (Å²) in [6, 6.07) is 4.46. The fourth-order valence-electron chi connectivity index (χ4n) is 2.61. The predicted molar refractivity (Wildman–Crippen MR) is 85.9 cm³/mol. The van der Waals surface area contributed by atoms with Crippen molar-refractivity contribution in [3.05, 3.63) is 23.8 Å². The Morgan fingerprint density at radius 1 is 1.30 bits per heavy atom. The van der Waals surface area contributed by atoms with Gasteiger partial charge in [-0.2, -0.15) is 0 Å². The molecule has 0 aromatic heterocycles. The van der Waals surface area contributed by atoms with E-state index in [2.05, 4.69) is 5.32 Å². The third kappa shape index (κ3) is 4.01. The molecule has 7 nitrogen and oxygen atoms in total. The quantitative estimate of drug-likeness (QED) is 0.804. The maximum atomic E-state index is 12.5. The Labute approximate surface area is 135 Å². The van der Waals surface area contributed by atoms with E-state index in [1.807, 2.05) is 4.90 Å². The number of ether oxygens (including phenoxy) is 1. The van der Waals surface area contributed by atoms with Crippen LogP contribution in [0.3, 0.4) is 0 Å². The van der Waals surface area contributed by atoms with Gasteiger partial charge in [0.25, 0.3) is 5.91 Å². The number of nitrogens with one attached hydrogen (secondary N) is 1. The first-order chi connectivity index (χ1) is 10.9. The maximum Gasteiger partial charge on any atom is 0.253 e. The summed E-state index contributed by atoms with van der Waals surface area (Å²) >= 11 is 0. The molecule has 1 aliphatic heterocycles. The molecule has 1 aliphatic carbocycles. The Morgan fingerprint density at radius 2 is 2.00 bits per heavy atom. The number of hydrogen-bond donors (Lipinski definition) is 2. The van der Waals surface area contributed by atoms with E-state index in [1.165, 1.54) is 12.1 Å². The zero-order chi connectivity index (χ0) is 16.4. The van der Waals surface area contributed by atoms with Gasteiger partial charge >= 0.3 is 0 Å². The highest BCUT2D eigenvalue weighted by atomic mass is 32.2. The summed E-state index contributed by atoms with van der Waals surface area (Å²) in [6.07, 6.45) is 2.27. The van der Waals surface area contributed by atoms with Gasteiger partial charge in [-0.1, -0.05) is 0 Å². The number of amides is 1. The molecule has 0 atom stereocenters. The van der Waals surface area contributed by atoms with Crippen LogP contribution in [0.5, 0.6) is 0 Å². The Kier molecular flexibility index (Phi) is 4.56. The van der Waals surface area contributed by atoms with Crippen molar-refractivity contribution in [2.24, 2.45) is 11.1 Å². The van der Waals surface area contributed by atoms with Gasteiger partial charge < -0.3 is 15.0 Å². The number of carbonyl (C=O) groups excluding carboxylic acids is 1. The minimum absolute atomic E-state index is 0.0499. The standard InChI is InChI=1S/C15H21N3O4S/c16-23(20,21)12-3-4-14(18-5-7-22-8-6-18)13(9-12)15(19)17-10-11-1-2-11/h3-4,9,11H,1-2,5-8,10H2,(H,17,19)(H2,16,20,21). The van der Waals surface area contributed by atoms with Gasteiger partial charge in [-0.05, 0) is 37.0 Å². The first kappa shape index (κ1) is 16.2. The number of morpholine rings is 1. The molecule has 2 aliphatic rings. The molecule has 1 saturated heterocycles. The average molecular weight is 339 g/mol. The Morgan fingerprint density at radius 3 is 2.61 bits per heavy atom. The van der Waals surface area contributed by atoms with E-state index in [1.54, 1.807) is 6.07 Å². The van der Waals surface area contributed by atoms with Crippen molar-refractivity contribution < 1.29 is 17.9 Å². The van der Waals surface area contributed by atoms with Gasteiger partial charge in [0.15, 0.2) is 0 Å². The number of benzene rings is 1. The summed E-state index contributed by atoms with van der Waals surface area (Å²) < 4.78 is 28.5. The molecule has 126 valence electrons. The van der Waals surface area contributed by atoms with Crippen LogP contribution in [-0.4, -0.2) is 47.2 Å². The van der Waals surface area contributed by atoms with Crippen LogP contribution in [0.1, 0.15) is 23.2 Å². The van der Waals surface area contributed by atoms with Crippen LogP contribution in [0.15, 0.2) is 23.1 Å². The number of nitrogens with two attached hydrogens (primary N) is 1. The van der Waals surface area contributed by atoms with Crippen molar-refractivity contribution >= 4 is 21.6 Å². The molecule has 1 saturated carbocycles. The lowest BCUT2D eigenvalue weighted by atomic mass is 10.1. The highest BCUT2D eigenvalue weighted by molar-refractivity contribution is 7.89. The summed E-state index contributed by atoms with van der Waals surface area (Å²) in [5.41, 5.74) is 1.06. The number of sulfonamides is 1. The second-order valence-corrected chi connectivity index (χ2v) is 7.54. The van der Waals surface area contributed by atoms with Gasteiger partial charge in [0.05, 0.1) is 23.7 Å². The van der Waals surface area contributed by atoms with Gasteiger partial charge in [0, 0.05) is 25.3 Å². The molecule has 8 heteroatoms. The minimum Gasteiger partial charge on any atom is -0.378 e. The molecule has 1 aromatic carbocycles. The van der Waals surface area contributed by atoms with E-state index in [-0.39, 0.29) is 10.8 Å². The Balaban J connectivity index is 1.91. The lowest BCUT2D eigenvalue weighted by Crippen LogP contribution is -2.38. The van der Waals surface area contributed by atoms with Crippen molar-refractivity contribution in [2.45, 2.75) is 17.7 Å². The second kappa shape index (κ2) is 6.46. The third-order valence-electron chi connectivity index (χ3n) is 4.14. The molecule has 0 radical (unpaired) electrons. The lowest BCUT2D eigenvalue weighted by molar-refractivity contribution is 0.0950. The summed E-state index contributed by atoms with van der Waals surface area (Å²) in [6.45, 7) is 3.12. The SMILES string of the molecule is NS(=O)(=O)c1ccc(N2CCOCC2)c(C(=O)NCC2CC2)c1. The topological polar surface area (TPSA) is 102 Å². The monoisotopic (exact) mass is 339 g/mol. The number of anilines is 1. The van der Waals surface area contributed by atoms with Gasteiger partial charge in [-0.25, -0.2) is 13.6 Å². The fraction of sp³-hybridized carbons (Fsp3) is 0.533. The van der Waals surface area contributed by atoms with Crippen LogP contribution in [0.4, 0.5) is 5.69 Å². The van der Waals surface area contributed by atoms with Crippen LogP contribution in [0.2, 0.25) is 0 Å². The van der Waals surface area contributed by atoms with Gasteiger partial charge in [0.2, 0.25) is 10.0 Å². The van der Waals surface area contributed by atoms with Gasteiger partial charge in [-0.15, -0.1) is 0 Å². The molecular formula is C15H21N3O4S. The van der Waals surface area contributed by atoms with E-state index in [0.717, 1.165) is 12.8 Å². The zero-order valence-corrected chi connectivity index (χ0v) is 13.6. The molecule has 0 unspecified atom stereocenters. The van der Waals surface area contributed by atoms with Crippen LogP contribution in [-0.2, 0) is 14.8 Å². The van der Waals surface area contributed by atoms with Crippen molar-refractivity contribution in [3.63, 3.8) is 0 Å². The maximum absolute atomic E-state index is 12.5. The number of nitrogens with zero attached hydrogens (tertiary/aromatic N) is 1. The number of hydrogen-bond acceptors (Lipinski definition) is 5. The summed E-state index contributed by atoms with van der Waals surface area (Å²) in [4.78, 5) is 14.5. The van der Waals surface area contributed by atoms with Crippen molar-refractivity contribution in [1.29, 1.82) is 0 Å².